The van der Waals surface area contributed by atoms with Crippen LogP contribution in [0.2, 0.25) is 5.02 Å². The topological polar surface area (TPSA) is 66.8 Å². The molecule has 0 aliphatic heterocycles. The van der Waals surface area contributed by atoms with E-state index in [1.807, 2.05) is 0 Å². The van der Waals surface area contributed by atoms with Crippen LogP contribution in [0, 0.1) is 17.8 Å². The predicted octanol–water partition coefficient (Wildman–Crippen LogP) is 4.08. The number of aromatic hydroxyl groups is 1. The molecule has 0 radical (unpaired) electrons. The highest BCUT2D eigenvalue weighted by Gasteiger charge is 2.35. The number of aliphatic hydroxyl groups is 1. The minimum Gasteiger partial charge on any atom is -0.508 e. The number of hydrogen-bond acceptors (Lipinski definition) is 4. The van der Waals surface area contributed by atoms with Gasteiger partial charge >= 0.3 is 5.97 Å². The minimum atomic E-state index is -1.53. The van der Waals surface area contributed by atoms with Crippen molar-refractivity contribution < 1.29 is 19.7 Å². The molecule has 1 aromatic rings. The van der Waals surface area contributed by atoms with Crippen molar-refractivity contribution in [3.63, 3.8) is 0 Å². The summed E-state index contributed by atoms with van der Waals surface area (Å²) in [5.41, 5.74) is 0.0763. The van der Waals surface area contributed by atoms with Gasteiger partial charge in [0.25, 0.3) is 0 Å². The largest absolute Gasteiger partial charge is 0.508 e. The molecule has 1 aromatic carbocycles. The first-order valence-corrected chi connectivity index (χ1v) is 8.54. The predicted molar refractivity (Wildman–Crippen MR) is 89.3 cm³/mol. The number of ether oxygens (including phenoxy) is 1. The van der Waals surface area contributed by atoms with Gasteiger partial charge in [0.2, 0.25) is 0 Å². The Labute approximate surface area is 142 Å². The van der Waals surface area contributed by atoms with Crippen molar-refractivity contribution in [2.24, 2.45) is 17.8 Å². The first-order chi connectivity index (χ1) is 10.8. The lowest BCUT2D eigenvalue weighted by Gasteiger charge is -2.37. The minimum absolute atomic E-state index is 0.0763. The molecule has 1 fully saturated rings. The molecule has 0 saturated heterocycles. The third-order valence-corrected chi connectivity index (χ3v) is 4.97. The highest BCUT2D eigenvalue weighted by atomic mass is 35.5. The van der Waals surface area contributed by atoms with Crippen LogP contribution in [0.25, 0.3) is 0 Å². The molecular formula is C18H25ClO4. The summed E-state index contributed by atoms with van der Waals surface area (Å²) in [4.78, 5) is 12.3. The van der Waals surface area contributed by atoms with Crippen LogP contribution in [0.5, 0.6) is 5.75 Å². The SMILES string of the molecule is CC(C)[C@H]1CC[C@H](C)C[C@@H]1OC(=O)[C@H](O)c1cc(Cl)ccc1O. The van der Waals surface area contributed by atoms with Gasteiger partial charge in [0.15, 0.2) is 6.10 Å². The van der Waals surface area contributed by atoms with Gasteiger partial charge < -0.3 is 14.9 Å². The normalized spacial score (nSPS) is 26.1. The number of benzene rings is 1. The van der Waals surface area contributed by atoms with E-state index in [1.165, 1.54) is 18.2 Å². The van der Waals surface area contributed by atoms with Gasteiger partial charge in [0.1, 0.15) is 11.9 Å². The molecule has 4 nitrogen and oxygen atoms in total. The number of phenolic OH excluding ortho intramolecular Hbond substituents is 1. The standard InChI is InChI=1S/C18H25ClO4/c1-10(2)13-6-4-11(3)8-16(13)23-18(22)17(21)14-9-12(19)5-7-15(14)20/h5,7,9-11,13,16-17,20-21H,4,6,8H2,1-3H3/t11-,13+,16-,17+/m0/s1. The van der Waals surface area contributed by atoms with Gasteiger partial charge in [0.05, 0.1) is 0 Å². The maximum Gasteiger partial charge on any atom is 0.340 e. The number of carbonyl (C=O) groups is 1. The number of carbonyl (C=O) groups excluding carboxylic acids is 1. The zero-order valence-corrected chi connectivity index (χ0v) is 14.6. The average Bonchev–Trinajstić information content (AvgIpc) is 2.48. The number of aliphatic hydroxyl groups excluding tert-OH is 1. The first-order valence-electron chi connectivity index (χ1n) is 8.16. The lowest BCUT2D eigenvalue weighted by molar-refractivity contribution is -0.166. The van der Waals surface area contributed by atoms with Crippen LogP contribution in [0.3, 0.4) is 0 Å². The number of phenols is 1. The molecule has 1 saturated carbocycles. The Bertz CT molecular complexity index is 558. The highest BCUT2D eigenvalue weighted by molar-refractivity contribution is 6.30. The van der Waals surface area contributed by atoms with E-state index in [9.17, 15) is 15.0 Å². The molecule has 5 heteroatoms. The average molecular weight is 341 g/mol. The third kappa shape index (κ3) is 4.39. The van der Waals surface area contributed by atoms with Crippen LogP contribution in [0.1, 0.15) is 51.7 Å². The van der Waals surface area contributed by atoms with Gasteiger partial charge in [-0.25, -0.2) is 4.79 Å². The van der Waals surface area contributed by atoms with Crippen LogP contribution in [-0.4, -0.2) is 22.3 Å². The molecule has 0 bridgehead atoms. The molecule has 2 rings (SSSR count). The molecule has 1 aliphatic rings. The van der Waals surface area contributed by atoms with Crippen molar-refractivity contribution in [2.75, 3.05) is 0 Å². The molecule has 23 heavy (non-hydrogen) atoms. The molecule has 0 unspecified atom stereocenters. The highest BCUT2D eigenvalue weighted by Crippen LogP contribution is 2.36. The molecule has 0 heterocycles. The maximum atomic E-state index is 12.3. The van der Waals surface area contributed by atoms with Crippen LogP contribution < -0.4 is 0 Å². The van der Waals surface area contributed by atoms with E-state index in [2.05, 4.69) is 20.8 Å². The molecule has 2 N–H and O–H groups in total. The fourth-order valence-electron chi connectivity index (χ4n) is 3.34. The zero-order valence-electron chi connectivity index (χ0n) is 13.8. The van der Waals surface area contributed by atoms with Gasteiger partial charge in [-0.2, -0.15) is 0 Å². The second kappa shape index (κ2) is 7.54. The zero-order chi connectivity index (χ0) is 17.1. The summed E-state index contributed by atoms with van der Waals surface area (Å²) in [7, 11) is 0. The molecule has 0 spiro atoms. The number of esters is 1. The molecular weight excluding hydrogens is 316 g/mol. The number of rotatable bonds is 4. The van der Waals surface area contributed by atoms with Crippen LogP contribution in [-0.2, 0) is 9.53 Å². The Morgan fingerprint density at radius 1 is 1.35 bits per heavy atom. The van der Waals surface area contributed by atoms with Gasteiger partial charge in [-0.15, -0.1) is 0 Å². The second-order valence-electron chi connectivity index (χ2n) is 6.91. The smallest absolute Gasteiger partial charge is 0.340 e. The Morgan fingerprint density at radius 3 is 2.70 bits per heavy atom. The Morgan fingerprint density at radius 2 is 2.04 bits per heavy atom. The summed E-state index contributed by atoms with van der Waals surface area (Å²) in [5.74, 6) is 0.315. The van der Waals surface area contributed by atoms with Crippen molar-refractivity contribution in [1.29, 1.82) is 0 Å². The lowest BCUT2D eigenvalue weighted by atomic mass is 9.75. The maximum absolute atomic E-state index is 12.3. The first kappa shape index (κ1) is 18.1. The van der Waals surface area contributed by atoms with Crippen LogP contribution >= 0.6 is 11.6 Å². The summed E-state index contributed by atoms with van der Waals surface area (Å²) in [5, 5.41) is 20.4. The van der Waals surface area contributed by atoms with Gasteiger partial charge in [-0.1, -0.05) is 38.8 Å². The van der Waals surface area contributed by atoms with Gasteiger partial charge in [-0.3, -0.25) is 0 Å². The summed E-state index contributed by atoms with van der Waals surface area (Å²) in [6.07, 6.45) is 1.24. The summed E-state index contributed by atoms with van der Waals surface area (Å²) < 4.78 is 5.60. The van der Waals surface area contributed by atoms with E-state index in [4.69, 9.17) is 16.3 Å². The monoisotopic (exact) mass is 340 g/mol. The quantitative estimate of drug-likeness (QED) is 0.810. The Kier molecular flexibility index (Phi) is 5.93. The molecule has 128 valence electrons. The van der Waals surface area contributed by atoms with Gasteiger partial charge in [0, 0.05) is 10.6 Å². The summed E-state index contributed by atoms with van der Waals surface area (Å²) in [6.45, 7) is 6.40. The van der Waals surface area contributed by atoms with E-state index in [0.29, 0.717) is 22.8 Å². The van der Waals surface area contributed by atoms with E-state index >= 15 is 0 Å². The van der Waals surface area contributed by atoms with Crippen LogP contribution in [0.15, 0.2) is 18.2 Å². The fourth-order valence-corrected chi connectivity index (χ4v) is 3.52. The molecule has 1 aliphatic carbocycles. The van der Waals surface area contributed by atoms with Crippen molar-refractivity contribution in [3.8, 4) is 5.75 Å². The molecule has 0 amide bonds. The number of halogens is 1. The molecule has 4 atom stereocenters. The third-order valence-electron chi connectivity index (χ3n) is 4.74. The number of hydrogen-bond donors (Lipinski definition) is 2. The summed E-state index contributed by atoms with van der Waals surface area (Å²) in [6, 6.07) is 4.23. The second-order valence-corrected chi connectivity index (χ2v) is 7.34. The Balaban J connectivity index is 2.11. The lowest BCUT2D eigenvalue weighted by Crippen LogP contribution is -2.37. The van der Waals surface area contributed by atoms with E-state index in [-0.39, 0.29) is 17.4 Å². The van der Waals surface area contributed by atoms with E-state index in [0.717, 1.165) is 19.3 Å². The Hall–Kier alpha value is -1.26. The molecule has 0 aromatic heterocycles. The van der Waals surface area contributed by atoms with Crippen molar-refractivity contribution in [3.05, 3.63) is 28.8 Å². The van der Waals surface area contributed by atoms with E-state index < -0.39 is 12.1 Å². The van der Waals surface area contributed by atoms with E-state index in [1.54, 1.807) is 0 Å². The summed E-state index contributed by atoms with van der Waals surface area (Å²) >= 11 is 5.87. The fraction of sp³-hybridized carbons (Fsp3) is 0.611. The van der Waals surface area contributed by atoms with Gasteiger partial charge in [-0.05, 0) is 48.8 Å². The van der Waals surface area contributed by atoms with Crippen molar-refractivity contribution >= 4 is 17.6 Å². The van der Waals surface area contributed by atoms with Crippen molar-refractivity contribution in [1.82, 2.24) is 0 Å². The van der Waals surface area contributed by atoms with Crippen molar-refractivity contribution in [2.45, 2.75) is 52.2 Å². The van der Waals surface area contributed by atoms with Crippen LogP contribution in [0.4, 0.5) is 0 Å².